The number of halogens is 1. The number of rotatable bonds is 2. The van der Waals surface area contributed by atoms with Crippen LogP contribution < -0.4 is 10.4 Å². The maximum absolute atomic E-state index is 13.6. The number of carbonyl (C=O) groups excluding carboxylic acids is 1. The van der Waals surface area contributed by atoms with Gasteiger partial charge in [0, 0.05) is 13.0 Å². The van der Waals surface area contributed by atoms with E-state index in [-0.39, 0.29) is 17.1 Å². The lowest BCUT2D eigenvalue weighted by atomic mass is 9.80. The van der Waals surface area contributed by atoms with Gasteiger partial charge in [-0.2, -0.15) is 0 Å². The van der Waals surface area contributed by atoms with Crippen molar-refractivity contribution in [3.8, 4) is 0 Å². The number of carbonyl (C=O) groups is 1. The van der Waals surface area contributed by atoms with Crippen LogP contribution in [0, 0.1) is 5.82 Å². The van der Waals surface area contributed by atoms with E-state index in [1.54, 1.807) is 0 Å². The van der Waals surface area contributed by atoms with Gasteiger partial charge in [-0.05, 0) is 24.0 Å². The Kier molecular flexibility index (Phi) is 2.94. The zero-order chi connectivity index (χ0) is 11.7. The van der Waals surface area contributed by atoms with Gasteiger partial charge < -0.3 is 14.9 Å². The largest absolute Gasteiger partial charge is 0.488 e. The first-order chi connectivity index (χ1) is 7.59. The Morgan fingerprint density at radius 1 is 1.38 bits per heavy atom. The Balaban J connectivity index is 2.32. The molecule has 2 N–H and O–H groups in total. The second kappa shape index (κ2) is 4.23. The zero-order valence-electron chi connectivity index (χ0n) is 8.56. The van der Waals surface area contributed by atoms with E-state index < -0.39 is 12.9 Å². The molecular formula is C10H11BFNO3. The van der Waals surface area contributed by atoms with Crippen LogP contribution >= 0.6 is 0 Å². The minimum absolute atomic E-state index is 0.0768. The summed E-state index contributed by atoms with van der Waals surface area (Å²) >= 11 is 0. The quantitative estimate of drug-likeness (QED) is 0.672. The fraction of sp³-hybridized carbons (Fsp3) is 0.300. The van der Waals surface area contributed by atoms with Crippen LogP contribution in [0.4, 0.5) is 10.1 Å². The molecule has 1 heterocycles. The first-order valence-corrected chi connectivity index (χ1v) is 5.05. The second-order valence-electron chi connectivity index (χ2n) is 3.73. The van der Waals surface area contributed by atoms with Gasteiger partial charge in [0.15, 0.2) is 0 Å². The Hall–Kier alpha value is -1.40. The minimum atomic E-state index is -1.70. The summed E-state index contributed by atoms with van der Waals surface area (Å²) in [5.41, 5.74) is 0.278. The van der Waals surface area contributed by atoms with Crippen molar-refractivity contribution in [1.82, 2.24) is 0 Å². The highest BCUT2D eigenvalue weighted by atomic mass is 19.1. The normalized spacial score (nSPS) is 15.7. The molecule has 0 aliphatic carbocycles. The van der Waals surface area contributed by atoms with E-state index in [1.165, 1.54) is 17.0 Å². The van der Waals surface area contributed by atoms with Gasteiger partial charge in [-0.1, -0.05) is 6.07 Å². The number of amides is 1. The third kappa shape index (κ3) is 1.94. The van der Waals surface area contributed by atoms with Crippen molar-refractivity contribution >= 4 is 24.2 Å². The first-order valence-electron chi connectivity index (χ1n) is 5.05. The average Bonchev–Trinajstić information content (AvgIpc) is 2.64. The van der Waals surface area contributed by atoms with Crippen LogP contribution in [0.25, 0.3) is 0 Å². The van der Waals surface area contributed by atoms with Crippen LogP contribution in [0.2, 0.25) is 0 Å². The fourth-order valence-electron chi connectivity index (χ4n) is 1.81. The Bertz CT molecular complexity index is 425. The van der Waals surface area contributed by atoms with Crippen molar-refractivity contribution in [1.29, 1.82) is 0 Å². The van der Waals surface area contributed by atoms with Crippen LogP contribution in [-0.4, -0.2) is 29.6 Å². The molecular weight excluding hydrogens is 212 g/mol. The van der Waals surface area contributed by atoms with Crippen molar-refractivity contribution < 1.29 is 19.2 Å². The van der Waals surface area contributed by atoms with Crippen LogP contribution in [0.15, 0.2) is 18.2 Å². The highest BCUT2D eigenvalue weighted by molar-refractivity contribution is 6.58. The maximum Gasteiger partial charge on any atom is 0.488 e. The molecule has 0 spiro atoms. The Labute approximate surface area is 92.5 Å². The number of nitrogens with zero attached hydrogens (tertiary/aromatic N) is 1. The third-order valence-corrected chi connectivity index (χ3v) is 2.63. The number of benzene rings is 1. The van der Waals surface area contributed by atoms with Gasteiger partial charge >= 0.3 is 7.12 Å². The molecule has 1 aliphatic heterocycles. The van der Waals surface area contributed by atoms with Crippen molar-refractivity contribution in [3.05, 3.63) is 24.0 Å². The molecule has 0 saturated carbocycles. The molecule has 1 saturated heterocycles. The van der Waals surface area contributed by atoms with E-state index >= 15 is 0 Å². The van der Waals surface area contributed by atoms with Crippen LogP contribution in [0.5, 0.6) is 0 Å². The van der Waals surface area contributed by atoms with Gasteiger partial charge in [-0.3, -0.25) is 4.79 Å². The zero-order valence-corrected chi connectivity index (χ0v) is 8.56. The standard InChI is InChI=1S/C10H11BFNO3/c12-8-6-7(11(15)16)3-4-9(8)13-5-1-2-10(13)14/h3-4,6,15-16H,1-2,5H2. The first kappa shape index (κ1) is 11.1. The lowest BCUT2D eigenvalue weighted by Gasteiger charge is -2.16. The monoisotopic (exact) mass is 223 g/mol. The molecule has 1 amide bonds. The van der Waals surface area contributed by atoms with Crippen molar-refractivity contribution in [2.75, 3.05) is 11.4 Å². The molecule has 2 rings (SSSR count). The third-order valence-electron chi connectivity index (χ3n) is 2.63. The predicted molar refractivity (Wildman–Crippen MR) is 57.8 cm³/mol. The molecule has 6 heteroatoms. The molecule has 16 heavy (non-hydrogen) atoms. The Morgan fingerprint density at radius 2 is 2.12 bits per heavy atom. The summed E-state index contributed by atoms with van der Waals surface area (Å²) in [5, 5.41) is 17.7. The molecule has 1 aromatic rings. The molecule has 0 unspecified atom stereocenters. The summed E-state index contributed by atoms with van der Waals surface area (Å²) < 4.78 is 13.6. The second-order valence-corrected chi connectivity index (χ2v) is 3.73. The van der Waals surface area contributed by atoms with Crippen LogP contribution in [0.3, 0.4) is 0 Å². The molecule has 1 aliphatic rings. The Morgan fingerprint density at radius 3 is 2.62 bits per heavy atom. The lowest BCUT2D eigenvalue weighted by Crippen LogP contribution is -2.31. The van der Waals surface area contributed by atoms with Gasteiger partial charge in [-0.15, -0.1) is 0 Å². The highest BCUT2D eigenvalue weighted by Gasteiger charge is 2.25. The van der Waals surface area contributed by atoms with E-state index in [1.807, 2.05) is 0 Å². The molecule has 0 radical (unpaired) electrons. The maximum atomic E-state index is 13.6. The van der Waals surface area contributed by atoms with Crippen molar-refractivity contribution in [2.24, 2.45) is 0 Å². The van der Waals surface area contributed by atoms with Crippen molar-refractivity contribution in [3.63, 3.8) is 0 Å². The van der Waals surface area contributed by atoms with Crippen LogP contribution in [0.1, 0.15) is 12.8 Å². The van der Waals surface area contributed by atoms with Gasteiger partial charge in [0.2, 0.25) is 5.91 Å². The minimum Gasteiger partial charge on any atom is -0.423 e. The fourth-order valence-corrected chi connectivity index (χ4v) is 1.81. The predicted octanol–water partition coefficient (Wildman–Crippen LogP) is -0.368. The molecule has 4 nitrogen and oxygen atoms in total. The number of hydrogen-bond donors (Lipinski definition) is 2. The SMILES string of the molecule is O=C1CCCN1c1ccc(B(O)O)cc1F. The summed E-state index contributed by atoms with van der Waals surface area (Å²) in [6.07, 6.45) is 1.16. The van der Waals surface area contributed by atoms with Gasteiger partial charge in [0.1, 0.15) is 5.82 Å². The molecule has 0 atom stereocenters. The van der Waals surface area contributed by atoms with Crippen LogP contribution in [-0.2, 0) is 4.79 Å². The van der Waals surface area contributed by atoms with Gasteiger partial charge in [0.05, 0.1) is 5.69 Å². The average molecular weight is 223 g/mol. The van der Waals surface area contributed by atoms with Gasteiger partial charge in [0.25, 0.3) is 0 Å². The molecule has 0 bridgehead atoms. The summed E-state index contributed by atoms with van der Waals surface area (Å²) in [7, 11) is -1.70. The molecule has 1 aromatic carbocycles. The van der Waals surface area contributed by atoms with E-state index in [9.17, 15) is 9.18 Å². The van der Waals surface area contributed by atoms with E-state index in [0.29, 0.717) is 13.0 Å². The van der Waals surface area contributed by atoms with E-state index in [2.05, 4.69) is 0 Å². The molecule has 0 aromatic heterocycles. The number of hydrogen-bond acceptors (Lipinski definition) is 3. The summed E-state index contributed by atoms with van der Waals surface area (Å²) in [5.74, 6) is -0.711. The topological polar surface area (TPSA) is 60.8 Å². The molecule has 84 valence electrons. The highest BCUT2D eigenvalue weighted by Crippen LogP contribution is 2.23. The smallest absolute Gasteiger partial charge is 0.423 e. The van der Waals surface area contributed by atoms with E-state index in [0.717, 1.165) is 12.5 Å². The summed E-state index contributed by atoms with van der Waals surface area (Å²) in [6, 6.07) is 3.83. The van der Waals surface area contributed by atoms with E-state index in [4.69, 9.17) is 10.0 Å². The summed E-state index contributed by atoms with van der Waals surface area (Å²) in [4.78, 5) is 12.8. The number of anilines is 1. The summed E-state index contributed by atoms with van der Waals surface area (Å²) in [6.45, 7) is 0.511. The van der Waals surface area contributed by atoms with Gasteiger partial charge in [-0.25, -0.2) is 4.39 Å². The lowest BCUT2D eigenvalue weighted by molar-refractivity contribution is -0.117. The molecule has 1 fully saturated rings. The van der Waals surface area contributed by atoms with Crippen molar-refractivity contribution in [2.45, 2.75) is 12.8 Å².